The summed E-state index contributed by atoms with van der Waals surface area (Å²) < 4.78 is 0. The molecule has 0 saturated heterocycles. The molecule has 6 heteroatoms. The van der Waals surface area contributed by atoms with Crippen molar-refractivity contribution in [1.82, 2.24) is 5.32 Å². The van der Waals surface area contributed by atoms with E-state index in [1.165, 1.54) is 6.92 Å². The van der Waals surface area contributed by atoms with Crippen molar-refractivity contribution in [3.05, 3.63) is 64.1 Å². The molecule has 0 radical (unpaired) electrons. The van der Waals surface area contributed by atoms with Crippen LogP contribution in [0, 0.1) is 0 Å². The van der Waals surface area contributed by atoms with Crippen LogP contribution < -0.4 is 10.2 Å². The van der Waals surface area contributed by atoms with Gasteiger partial charge in [0.2, 0.25) is 5.91 Å². The van der Waals surface area contributed by atoms with Crippen LogP contribution >= 0.6 is 23.2 Å². The summed E-state index contributed by atoms with van der Waals surface area (Å²) in [4.78, 5) is 25.4. The van der Waals surface area contributed by atoms with Crippen molar-refractivity contribution in [2.24, 2.45) is 0 Å². The molecule has 2 amide bonds. The summed E-state index contributed by atoms with van der Waals surface area (Å²) in [6, 6.07) is 13.7. The zero-order valence-electron chi connectivity index (χ0n) is 12.6. The first-order valence-electron chi connectivity index (χ1n) is 7.05. The van der Waals surface area contributed by atoms with Crippen LogP contribution in [0.1, 0.15) is 17.3 Å². The number of halogens is 2. The fraction of sp³-hybridized carbons (Fsp3) is 0.176. The molecule has 0 fully saturated rings. The van der Waals surface area contributed by atoms with Crippen LogP contribution in [-0.2, 0) is 4.79 Å². The third kappa shape index (κ3) is 4.98. The van der Waals surface area contributed by atoms with Gasteiger partial charge in [0, 0.05) is 41.3 Å². The lowest BCUT2D eigenvalue weighted by Crippen LogP contribution is -2.37. The van der Waals surface area contributed by atoms with E-state index in [-0.39, 0.29) is 11.8 Å². The average Bonchev–Trinajstić information content (AvgIpc) is 2.51. The second-order valence-corrected chi connectivity index (χ2v) is 5.79. The Hall–Kier alpha value is -2.04. The zero-order valence-corrected chi connectivity index (χ0v) is 14.1. The Morgan fingerprint density at radius 2 is 1.70 bits per heavy atom. The Morgan fingerprint density at radius 3 is 2.30 bits per heavy atom. The number of carbonyl (C=O) groups is 2. The first-order valence-corrected chi connectivity index (χ1v) is 7.80. The van der Waals surface area contributed by atoms with Gasteiger partial charge in [-0.15, -0.1) is 0 Å². The number of rotatable bonds is 5. The number of anilines is 1. The summed E-state index contributed by atoms with van der Waals surface area (Å²) in [5.74, 6) is -0.355. The van der Waals surface area contributed by atoms with E-state index < -0.39 is 0 Å². The van der Waals surface area contributed by atoms with E-state index in [2.05, 4.69) is 5.32 Å². The third-order valence-corrected chi connectivity index (χ3v) is 3.68. The molecular formula is C17H16Cl2N2O2. The topological polar surface area (TPSA) is 49.4 Å². The van der Waals surface area contributed by atoms with Gasteiger partial charge in [0.25, 0.3) is 5.91 Å². The summed E-state index contributed by atoms with van der Waals surface area (Å²) in [5, 5.41) is 3.83. The van der Waals surface area contributed by atoms with Crippen molar-refractivity contribution in [2.75, 3.05) is 18.0 Å². The molecule has 0 bridgehead atoms. The van der Waals surface area contributed by atoms with Crippen molar-refractivity contribution in [3.63, 3.8) is 0 Å². The minimum atomic E-state index is -0.234. The first kappa shape index (κ1) is 17.3. The molecule has 1 N–H and O–H groups in total. The maximum absolute atomic E-state index is 12.0. The molecule has 2 aromatic rings. The number of hydrogen-bond acceptors (Lipinski definition) is 2. The van der Waals surface area contributed by atoms with Gasteiger partial charge in [0.1, 0.15) is 0 Å². The van der Waals surface area contributed by atoms with Gasteiger partial charge in [-0.3, -0.25) is 9.59 Å². The Morgan fingerprint density at radius 1 is 1.04 bits per heavy atom. The summed E-state index contributed by atoms with van der Waals surface area (Å²) in [7, 11) is 0. The van der Waals surface area contributed by atoms with Crippen LogP contribution in [0.25, 0.3) is 0 Å². The molecule has 2 rings (SSSR count). The SMILES string of the molecule is CC(=O)N(CCNC(=O)c1cccc(Cl)c1)c1cccc(Cl)c1. The fourth-order valence-electron chi connectivity index (χ4n) is 2.13. The molecule has 120 valence electrons. The largest absolute Gasteiger partial charge is 0.350 e. The lowest BCUT2D eigenvalue weighted by Gasteiger charge is -2.21. The monoisotopic (exact) mass is 350 g/mol. The van der Waals surface area contributed by atoms with Crippen molar-refractivity contribution in [3.8, 4) is 0 Å². The van der Waals surface area contributed by atoms with Gasteiger partial charge >= 0.3 is 0 Å². The normalized spacial score (nSPS) is 10.2. The lowest BCUT2D eigenvalue weighted by atomic mass is 10.2. The number of hydrogen-bond donors (Lipinski definition) is 1. The fourth-order valence-corrected chi connectivity index (χ4v) is 2.50. The number of benzene rings is 2. The molecule has 0 aromatic heterocycles. The van der Waals surface area contributed by atoms with Gasteiger partial charge in [0.05, 0.1) is 0 Å². The van der Waals surface area contributed by atoms with E-state index in [1.54, 1.807) is 53.4 Å². The molecule has 0 aliphatic carbocycles. The Labute approximate surface area is 145 Å². The molecule has 0 saturated carbocycles. The van der Waals surface area contributed by atoms with Crippen LogP contribution in [0.15, 0.2) is 48.5 Å². The van der Waals surface area contributed by atoms with Crippen molar-refractivity contribution in [1.29, 1.82) is 0 Å². The molecule has 0 aliphatic heterocycles. The zero-order chi connectivity index (χ0) is 16.8. The van der Waals surface area contributed by atoms with Crippen molar-refractivity contribution >= 4 is 40.7 Å². The van der Waals surface area contributed by atoms with Crippen LogP contribution in [0.4, 0.5) is 5.69 Å². The van der Waals surface area contributed by atoms with Crippen molar-refractivity contribution < 1.29 is 9.59 Å². The van der Waals surface area contributed by atoms with Gasteiger partial charge in [0.15, 0.2) is 0 Å². The molecule has 0 atom stereocenters. The quantitative estimate of drug-likeness (QED) is 0.891. The highest BCUT2D eigenvalue weighted by Gasteiger charge is 2.12. The van der Waals surface area contributed by atoms with Crippen molar-refractivity contribution in [2.45, 2.75) is 6.92 Å². The molecule has 4 nitrogen and oxygen atoms in total. The summed E-state index contributed by atoms with van der Waals surface area (Å²) in [5.41, 5.74) is 1.18. The standard InChI is InChI=1S/C17H16Cl2N2O2/c1-12(22)21(16-7-3-6-15(19)11-16)9-8-20-17(23)13-4-2-5-14(18)10-13/h2-7,10-11H,8-9H2,1H3,(H,20,23). The van der Waals surface area contributed by atoms with E-state index in [1.807, 2.05) is 0 Å². The Kier molecular flexibility index (Phi) is 6.02. The number of nitrogens with one attached hydrogen (secondary N) is 1. The van der Waals surface area contributed by atoms with E-state index in [4.69, 9.17) is 23.2 Å². The van der Waals surface area contributed by atoms with Gasteiger partial charge in [-0.2, -0.15) is 0 Å². The maximum Gasteiger partial charge on any atom is 0.251 e. The van der Waals surface area contributed by atoms with Crippen LogP contribution in [0.5, 0.6) is 0 Å². The molecule has 0 spiro atoms. The predicted molar refractivity (Wildman–Crippen MR) is 93.3 cm³/mol. The van der Waals surface area contributed by atoms with Crippen LogP contribution in [-0.4, -0.2) is 24.9 Å². The molecule has 2 aromatic carbocycles. The number of carbonyl (C=O) groups excluding carboxylic acids is 2. The number of amides is 2. The van der Waals surface area contributed by atoms with Gasteiger partial charge in [-0.1, -0.05) is 35.3 Å². The average molecular weight is 351 g/mol. The summed E-state index contributed by atoms with van der Waals surface area (Å²) >= 11 is 11.8. The maximum atomic E-state index is 12.0. The van der Waals surface area contributed by atoms with Gasteiger partial charge in [-0.05, 0) is 36.4 Å². The molecule has 0 aliphatic rings. The Balaban J connectivity index is 1.97. The molecule has 0 heterocycles. The predicted octanol–water partition coefficient (Wildman–Crippen LogP) is 3.78. The molecule has 0 unspecified atom stereocenters. The number of nitrogens with zero attached hydrogens (tertiary/aromatic N) is 1. The first-order chi connectivity index (χ1) is 11.0. The molecule has 23 heavy (non-hydrogen) atoms. The van der Waals surface area contributed by atoms with E-state index in [9.17, 15) is 9.59 Å². The highest BCUT2D eigenvalue weighted by Crippen LogP contribution is 2.19. The van der Waals surface area contributed by atoms with E-state index in [0.717, 1.165) is 0 Å². The second-order valence-electron chi connectivity index (χ2n) is 4.92. The highest BCUT2D eigenvalue weighted by atomic mass is 35.5. The summed E-state index contributed by atoms with van der Waals surface area (Å²) in [6.45, 7) is 2.14. The Bertz CT molecular complexity index is 719. The van der Waals surface area contributed by atoms with E-state index >= 15 is 0 Å². The third-order valence-electron chi connectivity index (χ3n) is 3.21. The minimum absolute atomic E-state index is 0.121. The van der Waals surface area contributed by atoms with Gasteiger partial charge < -0.3 is 10.2 Å². The van der Waals surface area contributed by atoms with Crippen LogP contribution in [0.3, 0.4) is 0 Å². The van der Waals surface area contributed by atoms with Crippen LogP contribution in [0.2, 0.25) is 10.0 Å². The second kappa shape index (κ2) is 7.99. The summed E-state index contributed by atoms with van der Waals surface area (Å²) in [6.07, 6.45) is 0. The smallest absolute Gasteiger partial charge is 0.251 e. The molecular weight excluding hydrogens is 335 g/mol. The lowest BCUT2D eigenvalue weighted by molar-refractivity contribution is -0.116. The highest BCUT2D eigenvalue weighted by molar-refractivity contribution is 6.31. The van der Waals surface area contributed by atoms with E-state index in [0.29, 0.717) is 34.4 Å². The van der Waals surface area contributed by atoms with Gasteiger partial charge in [-0.25, -0.2) is 0 Å². The minimum Gasteiger partial charge on any atom is -0.350 e.